The minimum absolute atomic E-state index is 0.0591. The third-order valence-electron chi connectivity index (χ3n) is 2.87. The molecule has 0 bridgehead atoms. The zero-order chi connectivity index (χ0) is 14.5. The van der Waals surface area contributed by atoms with Crippen molar-refractivity contribution >= 4 is 17.5 Å². The predicted octanol–water partition coefficient (Wildman–Crippen LogP) is 2.98. The molecule has 2 rings (SSSR count). The van der Waals surface area contributed by atoms with Crippen molar-refractivity contribution < 1.29 is 14.6 Å². The first-order chi connectivity index (χ1) is 9.63. The highest BCUT2D eigenvalue weighted by Gasteiger charge is 2.12. The van der Waals surface area contributed by atoms with Crippen LogP contribution in [0, 0.1) is 0 Å². The predicted molar refractivity (Wildman–Crippen MR) is 77.3 cm³/mol. The smallest absolute Gasteiger partial charge is 0.255 e. The van der Waals surface area contributed by atoms with Crippen LogP contribution in [0.1, 0.15) is 15.9 Å². The number of halogens is 1. The summed E-state index contributed by atoms with van der Waals surface area (Å²) in [5.74, 6) is 0.177. The normalized spacial score (nSPS) is 10.1. The molecule has 0 radical (unpaired) electrons. The lowest BCUT2D eigenvalue weighted by atomic mass is 10.1. The average Bonchev–Trinajstić information content (AvgIpc) is 2.46. The number of nitrogens with one attached hydrogen (secondary N) is 1. The van der Waals surface area contributed by atoms with E-state index in [1.165, 1.54) is 6.07 Å². The Bertz CT molecular complexity index is 628. The quantitative estimate of drug-likeness (QED) is 0.910. The van der Waals surface area contributed by atoms with Gasteiger partial charge in [0.25, 0.3) is 5.91 Å². The number of para-hydroxylation sites is 1. The van der Waals surface area contributed by atoms with Crippen molar-refractivity contribution in [1.29, 1.82) is 0 Å². The number of amides is 1. The van der Waals surface area contributed by atoms with Crippen LogP contribution in [-0.4, -0.2) is 18.1 Å². The highest BCUT2D eigenvalue weighted by molar-refractivity contribution is 6.31. The standard InChI is InChI=1S/C15H14ClNO3/c1-20-14-8-4-6-12(16)11(14)9-17-15(19)10-5-2-3-7-13(10)18/h2-8,18H,9H2,1H3,(H,17,19). The fourth-order valence-corrected chi connectivity index (χ4v) is 2.06. The maximum absolute atomic E-state index is 12.0. The van der Waals surface area contributed by atoms with Gasteiger partial charge in [0.05, 0.1) is 12.7 Å². The molecule has 5 heteroatoms. The summed E-state index contributed by atoms with van der Waals surface area (Å²) in [6, 6.07) is 11.6. The average molecular weight is 292 g/mol. The van der Waals surface area contributed by atoms with E-state index in [9.17, 15) is 9.90 Å². The van der Waals surface area contributed by atoms with E-state index in [1.807, 2.05) is 0 Å². The van der Waals surface area contributed by atoms with Crippen molar-refractivity contribution in [3.63, 3.8) is 0 Å². The third kappa shape index (κ3) is 3.03. The van der Waals surface area contributed by atoms with Crippen molar-refractivity contribution in [1.82, 2.24) is 5.32 Å². The number of phenolic OH excluding ortho intramolecular Hbond substituents is 1. The van der Waals surface area contributed by atoms with Gasteiger partial charge in [-0.25, -0.2) is 0 Å². The summed E-state index contributed by atoms with van der Waals surface area (Å²) in [6.07, 6.45) is 0. The summed E-state index contributed by atoms with van der Waals surface area (Å²) in [6.45, 7) is 0.218. The van der Waals surface area contributed by atoms with Gasteiger partial charge in [0.1, 0.15) is 11.5 Å². The molecule has 104 valence electrons. The maximum atomic E-state index is 12.0. The maximum Gasteiger partial charge on any atom is 0.255 e. The van der Waals surface area contributed by atoms with E-state index in [2.05, 4.69) is 5.32 Å². The monoisotopic (exact) mass is 291 g/mol. The Morgan fingerprint density at radius 3 is 2.70 bits per heavy atom. The molecule has 2 aromatic carbocycles. The van der Waals surface area contributed by atoms with E-state index in [0.717, 1.165) is 0 Å². The van der Waals surface area contributed by atoms with E-state index in [0.29, 0.717) is 16.3 Å². The summed E-state index contributed by atoms with van der Waals surface area (Å²) in [5, 5.41) is 12.8. The summed E-state index contributed by atoms with van der Waals surface area (Å²) in [4.78, 5) is 12.0. The van der Waals surface area contributed by atoms with Gasteiger partial charge in [0, 0.05) is 17.1 Å². The zero-order valence-corrected chi connectivity index (χ0v) is 11.6. The number of carbonyl (C=O) groups excluding carboxylic acids is 1. The SMILES string of the molecule is COc1cccc(Cl)c1CNC(=O)c1ccccc1O. The highest BCUT2D eigenvalue weighted by Crippen LogP contribution is 2.26. The van der Waals surface area contributed by atoms with Gasteiger partial charge >= 0.3 is 0 Å². The number of benzene rings is 2. The third-order valence-corrected chi connectivity index (χ3v) is 3.22. The number of hydrogen-bond acceptors (Lipinski definition) is 3. The lowest BCUT2D eigenvalue weighted by Gasteiger charge is -2.11. The first-order valence-corrected chi connectivity index (χ1v) is 6.39. The van der Waals surface area contributed by atoms with Crippen LogP contribution in [0.5, 0.6) is 11.5 Å². The molecule has 0 saturated carbocycles. The van der Waals surface area contributed by atoms with Gasteiger partial charge in [-0.05, 0) is 24.3 Å². The van der Waals surface area contributed by atoms with Gasteiger partial charge in [-0.15, -0.1) is 0 Å². The van der Waals surface area contributed by atoms with Crippen LogP contribution in [0.2, 0.25) is 5.02 Å². The Morgan fingerprint density at radius 2 is 2.00 bits per heavy atom. The summed E-state index contributed by atoms with van der Waals surface area (Å²) >= 11 is 6.09. The van der Waals surface area contributed by atoms with Crippen LogP contribution in [-0.2, 0) is 6.54 Å². The second-order valence-corrected chi connectivity index (χ2v) is 4.53. The molecule has 0 aromatic heterocycles. The Morgan fingerprint density at radius 1 is 1.25 bits per heavy atom. The fourth-order valence-electron chi connectivity index (χ4n) is 1.83. The lowest BCUT2D eigenvalue weighted by molar-refractivity contribution is 0.0948. The van der Waals surface area contributed by atoms with Crippen LogP contribution in [0.25, 0.3) is 0 Å². The van der Waals surface area contributed by atoms with Crippen molar-refractivity contribution in [3.8, 4) is 11.5 Å². The van der Waals surface area contributed by atoms with Crippen molar-refractivity contribution in [2.45, 2.75) is 6.54 Å². The number of rotatable bonds is 4. The van der Waals surface area contributed by atoms with Crippen LogP contribution in [0.3, 0.4) is 0 Å². The van der Waals surface area contributed by atoms with Crippen molar-refractivity contribution in [2.75, 3.05) is 7.11 Å². The van der Waals surface area contributed by atoms with Crippen LogP contribution >= 0.6 is 11.6 Å². The molecule has 0 fully saturated rings. The van der Waals surface area contributed by atoms with Crippen LogP contribution < -0.4 is 10.1 Å². The number of aromatic hydroxyl groups is 1. The molecule has 0 spiro atoms. The molecule has 0 atom stereocenters. The molecule has 0 heterocycles. The molecular formula is C15H14ClNO3. The van der Waals surface area contributed by atoms with E-state index in [1.54, 1.807) is 43.5 Å². The number of phenols is 1. The molecule has 2 aromatic rings. The molecule has 0 aliphatic rings. The van der Waals surface area contributed by atoms with Crippen LogP contribution in [0.15, 0.2) is 42.5 Å². The van der Waals surface area contributed by atoms with E-state index in [-0.39, 0.29) is 23.8 Å². The molecule has 0 aliphatic heterocycles. The van der Waals surface area contributed by atoms with Crippen molar-refractivity contribution in [3.05, 3.63) is 58.6 Å². The first kappa shape index (κ1) is 14.2. The fraction of sp³-hybridized carbons (Fsp3) is 0.133. The molecular weight excluding hydrogens is 278 g/mol. The van der Waals surface area contributed by atoms with Gasteiger partial charge in [0.15, 0.2) is 0 Å². The second-order valence-electron chi connectivity index (χ2n) is 4.12. The largest absolute Gasteiger partial charge is 0.507 e. The summed E-state index contributed by atoms with van der Waals surface area (Å²) < 4.78 is 5.20. The van der Waals surface area contributed by atoms with Crippen LogP contribution in [0.4, 0.5) is 0 Å². The minimum Gasteiger partial charge on any atom is -0.507 e. The lowest BCUT2D eigenvalue weighted by Crippen LogP contribution is -2.23. The molecule has 4 nitrogen and oxygen atoms in total. The molecule has 0 aliphatic carbocycles. The van der Waals surface area contributed by atoms with E-state index in [4.69, 9.17) is 16.3 Å². The number of carbonyl (C=O) groups is 1. The van der Waals surface area contributed by atoms with E-state index < -0.39 is 0 Å². The van der Waals surface area contributed by atoms with Gasteiger partial charge in [-0.2, -0.15) is 0 Å². The molecule has 0 unspecified atom stereocenters. The Kier molecular flexibility index (Phi) is 4.48. The highest BCUT2D eigenvalue weighted by atomic mass is 35.5. The zero-order valence-electron chi connectivity index (χ0n) is 10.9. The Hall–Kier alpha value is -2.20. The Labute approximate surface area is 122 Å². The first-order valence-electron chi connectivity index (χ1n) is 6.01. The van der Waals surface area contributed by atoms with Gasteiger partial charge in [-0.1, -0.05) is 29.8 Å². The number of methoxy groups -OCH3 is 1. The van der Waals surface area contributed by atoms with Crippen molar-refractivity contribution in [2.24, 2.45) is 0 Å². The molecule has 2 N–H and O–H groups in total. The minimum atomic E-state index is -0.370. The summed E-state index contributed by atoms with van der Waals surface area (Å²) in [7, 11) is 1.54. The molecule has 1 amide bonds. The van der Waals surface area contributed by atoms with Gasteiger partial charge in [0.2, 0.25) is 0 Å². The number of hydrogen-bond donors (Lipinski definition) is 2. The topological polar surface area (TPSA) is 58.6 Å². The van der Waals surface area contributed by atoms with Gasteiger partial charge < -0.3 is 15.2 Å². The second kappa shape index (κ2) is 6.30. The Balaban J connectivity index is 2.14. The van der Waals surface area contributed by atoms with Gasteiger partial charge in [-0.3, -0.25) is 4.79 Å². The summed E-state index contributed by atoms with van der Waals surface area (Å²) in [5.41, 5.74) is 0.916. The molecule has 0 saturated heterocycles. The number of ether oxygens (including phenoxy) is 1. The van der Waals surface area contributed by atoms with E-state index >= 15 is 0 Å². The molecule has 20 heavy (non-hydrogen) atoms.